The quantitative estimate of drug-likeness (QED) is 0.830. The van der Waals surface area contributed by atoms with Crippen molar-refractivity contribution in [2.45, 2.75) is 59.4 Å². The molecule has 1 aliphatic rings. The van der Waals surface area contributed by atoms with E-state index in [-0.39, 0.29) is 0 Å². The van der Waals surface area contributed by atoms with Gasteiger partial charge >= 0.3 is 0 Å². The summed E-state index contributed by atoms with van der Waals surface area (Å²) in [6.45, 7) is 12.9. The molecule has 1 N–H and O–H groups in total. The number of likely N-dealkylation sites (tertiary alicyclic amines) is 1. The number of hydrogen-bond acceptors (Lipinski definition) is 2. The van der Waals surface area contributed by atoms with Crippen LogP contribution in [0.3, 0.4) is 0 Å². The van der Waals surface area contributed by atoms with Gasteiger partial charge in [-0.15, -0.1) is 0 Å². The average Bonchev–Trinajstić information content (AvgIpc) is 2.50. The van der Waals surface area contributed by atoms with E-state index in [0.29, 0.717) is 6.04 Å². The van der Waals surface area contributed by atoms with Gasteiger partial charge in [0.05, 0.1) is 0 Å². The average molecular weight is 288 g/mol. The summed E-state index contributed by atoms with van der Waals surface area (Å²) in [7, 11) is 0. The van der Waals surface area contributed by atoms with Gasteiger partial charge in [-0.25, -0.2) is 0 Å². The second-order valence-corrected chi connectivity index (χ2v) is 6.57. The highest BCUT2D eigenvalue weighted by atomic mass is 15.1. The van der Waals surface area contributed by atoms with Crippen molar-refractivity contribution in [3.8, 4) is 0 Å². The number of benzene rings is 1. The summed E-state index contributed by atoms with van der Waals surface area (Å²) in [6.07, 6.45) is 5.05. The zero-order valence-corrected chi connectivity index (χ0v) is 14.3. The Morgan fingerprint density at radius 2 is 1.95 bits per heavy atom. The van der Waals surface area contributed by atoms with Gasteiger partial charge in [0.15, 0.2) is 0 Å². The Kier molecular flexibility index (Phi) is 6.10. The summed E-state index contributed by atoms with van der Waals surface area (Å²) in [4.78, 5) is 2.62. The minimum Gasteiger partial charge on any atom is -0.382 e. The van der Waals surface area contributed by atoms with Crippen LogP contribution in [0.25, 0.3) is 0 Å². The number of nitrogens with zero attached hydrogens (tertiary/aromatic N) is 1. The molecule has 2 nitrogen and oxygen atoms in total. The Morgan fingerprint density at radius 1 is 1.24 bits per heavy atom. The van der Waals surface area contributed by atoms with Gasteiger partial charge in [-0.2, -0.15) is 0 Å². The number of hydrogen-bond donors (Lipinski definition) is 1. The first-order valence-electron chi connectivity index (χ1n) is 8.73. The summed E-state index contributed by atoms with van der Waals surface area (Å²) in [6, 6.07) is 7.22. The van der Waals surface area contributed by atoms with Crippen LogP contribution in [0.15, 0.2) is 18.2 Å². The van der Waals surface area contributed by atoms with Gasteiger partial charge in [-0.05, 0) is 76.2 Å². The second kappa shape index (κ2) is 7.84. The zero-order chi connectivity index (χ0) is 15.2. The Hall–Kier alpha value is -1.02. The van der Waals surface area contributed by atoms with Crippen LogP contribution in [0.5, 0.6) is 0 Å². The van der Waals surface area contributed by atoms with Crippen LogP contribution in [-0.4, -0.2) is 30.6 Å². The number of para-hydroxylation sites is 1. The van der Waals surface area contributed by atoms with E-state index in [2.05, 4.69) is 56.1 Å². The lowest BCUT2D eigenvalue weighted by molar-refractivity contribution is 0.176. The molecule has 0 amide bonds. The van der Waals surface area contributed by atoms with E-state index in [1.54, 1.807) is 0 Å². The SMILES string of the molecule is CCCN1CCC(C(C)Nc2c(C)cccc2CC)CC1. The van der Waals surface area contributed by atoms with Crippen LogP contribution < -0.4 is 5.32 Å². The third-order valence-corrected chi connectivity index (χ3v) is 4.99. The Morgan fingerprint density at radius 3 is 2.57 bits per heavy atom. The number of rotatable bonds is 6. The molecule has 0 radical (unpaired) electrons. The molecule has 1 atom stereocenters. The van der Waals surface area contributed by atoms with Crippen molar-refractivity contribution in [3.63, 3.8) is 0 Å². The second-order valence-electron chi connectivity index (χ2n) is 6.57. The van der Waals surface area contributed by atoms with Crippen molar-refractivity contribution in [2.24, 2.45) is 5.92 Å². The number of piperidine rings is 1. The molecule has 1 aromatic carbocycles. The molecule has 1 aromatic rings. The van der Waals surface area contributed by atoms with Crippen LogP contribution in [0, 0.1) is 12.8 Å². The molecule has 0 bridgehead atoms. The standard InChI is InChI=1S/C19H32N2/c1-5-12-21-13-10-18(11-14-21)16(4)20-19-15(3)8-7-9-17(19)6-2/h7-9,16,18,20H,5-6,10-14H2,1-4H3. The van der Waals surface area contributed by atoms with E-state index < -0.39 is 0 Å². The highest BCUT2D eigenvalue weighted by Crippen LogP contribution is 2.27. The fraction of sp³-hybridized carbons (Fsp3) is 0.684. The Labute approximate surface area is 130 Å². The number of aryl methyl sites for hydroxylation is 2. The predicted octanol–water partition coefficient (Wildman–Crippen LogP) is 4.48. The third kappa shape index (κ3) is 4.23. The molecular formula is C19H32N2. The van der Waals surface area contributed by atoms with E-state index in [9.17, 15) is 0 Å². The maximum atomic E-state index is 3.83. The zero-order valence-electron chi connectivity index (χ0n) is 14.3. The van der Waals surface area contributed by atoms with Crippen LogP contribution in [-0.2, 0) is 6.42 Å². The van der Waals surface area contributed by atoms with Crippen molar-refractivity contribution >= 4 is 5.69 Å². The summed E-state index contributed by atoms with van der Waals surface area (Å²) in [5, 5.41) is 3.83. The van der Waals surface area contributed by atoms with Gasteiger partial charge in [0.25, 0.3) is 0 Å². The van der Waals surface area contributed by atoms with Crippen LogP contribution in [0.4, 0.5) is 5.69 Å². The minimum absolute atomic E-state index is 0.570. The Bertz CT molecular complexity index is 433. The highest BCUT2D eigenvalue weighted by molar-refractivity contribution is 5.57. The largest absolute Gasteiger partial charge is 0.382 e. The first-order chi connectivity index (χ1) is 10.2. The molecule has 1 saturated heterocycles. The van der Waals surface area contributed by atoms with E-state index >= 15 is 0 Å². The lowest BCUT2D eigenvalue weighted by Crippen LogP contribution is -2.39. The van der Waals surface area contributed by atoms with E-state index in [0.717, 1.165) is 12.3 Å². The van der Waals surface area contributed by atoms with Gasteiger partial charge in [0.2, 0.25) is 0 Å². The fourth-order valence-electron chi connectivity index (χ4n) is 3.57. The van der Waals surface area contributed by atoms with Crippen molar-refractivity contribution in [3.05, 3.63) is 29.3 Å². The molecular weight excluding hydrogens is 256 g/mol. The first kappa shape index (κ1) is 16.4. The van der Waals surface area contributed by atoms with Crippen LogP contribution in [0.2, 0.25) is 0 Å². The van der Waals surface area contributed by atoms with Gasteiger partial charge in [-0.3, -0.25) is 0 Å². The van der Waals surface area contributed by atoms with E-state index in [1.807, 2.05) is 0 Å². The van der Waals surface area contributed by atoms with Gasteiger partial charge in [0.1, 0.15) is 0 Å². The summed E-state index contributed by atoms with van der Waals surface area (Å²) in [5.74, 6) is 0.808. The van der Waals surface area contributed by atoms with Crippen molar-refractivity contribution in [2.75, 3.05) is 25.0 Å². The molecule has 0 spiro atoms. The fourth-order valence-corrected chi connectivity index (χ4v) is 3.57. The molecule has 1 unspecified atom stereocenters. The monoisotopic (exact) mass is 288 g/mol. The molecule has 118 valence electrons. The molecule has 2 heteroatoms. The molecule has 21 heavy (non-hydrogen) atoms. The number of nitrogens with one attached hydrogen (secondary N) is 1. The summed E-state index contributed by atoms with van der Waals surface area (Å²) in [5.41, 5.74) is 4.21. The first-order valence-corrected chi connectivity index (χ1v) is 8.73. The van der Waals surface area contributed by atoms with Gasteiger partial charge < -0.3 is 10.2 Å². The maximum absolute atomic E-state index is 3.83. The molecule has 1 fully saturated rings. The minimum atomic E-state index is 0.570. The van der Waals surface area contributed by atoms with E-state index in [4.69, 9.17) is 0 Å². The highest BCUT2D eigenvalue weighted by Gasteiger charge is 2.24. The normalized spacial score (nSPS) is 18.7. The lowest BCUT2D eigenvalue weighted by Gasteiger charge is -2.35. The topological polar surface area (TPSA) is 15.3 Å². The number of anilines is 1. The smallest absolute Gasteiger partial charge is 0.0404 e. The molecule has 0 aromatic heterocycles. The summed E-state index contributed by atoms with van der Waals surface area (Å²) < 4.78 is 0. The summed E-state index contributed by atoms with van der Waals surface area (Å²) >= 11 is 0. The molecule has 1 aliphatic heterocycles. The molecule has 0 aliphatic carbocycles. The molecule has 2 rings (SSSR count). The van der Waals surface area contributed by atoms with Crippen molar-refractivity contribution in [1.29, 1.82) is 0 Å². The van der Waals surface area contributed by atoms with Gasteiger partial charge in [0, 0.05) is 11.7 Å². The Balaban J connectivity index is 1.95. The van der Waals surface area contributed by atoms with Crippen molar-refractivity contribution < 1.29 is 0 Å². The van der Waals surface area contributed by atoms with Crippen LogP contribution >= 0.6 is 0 Å². The lowest BCUT2D eigenvalue weighted by atomic mass is 9.89. The maximum Gasteiger partial charge on any atom is 0.0404 e. The van der Waals surface area contributed by atoms with Crippen molar-refractivity contribution in [1.82, 2.24) is 4.90 Å². The van der Waals surface area contributed by atoms with E-state index in [1.165, 1.54) is 55.7 Å². The molecule has 0 saturated carbocycles. The predicted molar refractivity (Wildman–Crippen MR) is 93.1 cm³/mol. The third-order valence-electron chi connectivity index (χ3n) is 4.99. The van der Waals surface area contributed by atoms with Gasteiger partial charge in [-0.1, -0.05) is 32.0 Å². The molecule has 1 heterocycles. The van der Waals surface area contributed by atoms with Crippen LogP contribution in [0.1, 0.15) is 51.2 Å².